The van der Waals surface area contributed by atoms with Gasteiger partial charge in [0.15, 0.2) is 0 Å². The minimum atomic E-state index is -1.62. The topological polar surface area (TPSA) is 62.2 Å². The molecular formula is C4H8N2O2S. The molecule has 0 amide bonds. The first kappa shape index (κ1) is 6.73. The van der Waals surface area contributed by atoms with Crippen molar-refractivity contribution in [2.24, 2.45) is 0 Å². The van der Waals surface area contributed by atoms with Crippen LogP contribution in [0.5, 0.6) is 0 Å². The molecule has 1 heterocycles. The Kier molecular flexibility index (Phi) is 2.21. The first-order chi connectivity index (χ1) is 4.30. The molecule has 52 valence electrons. The van der Waals surface area contributed by atoms with Crippen molar-refractivity contribution in [3.05, 3.63) is 0 Å². The summed E-state index contributed by atoms with van der Waals surface area (Å²) in [5, 5.41) is 2.82. The molecule has 0 aromatic rings. The van der Waals surface area contributed by atoms with E-state index in [0.29, 0.717) is 24.7 Å². The third kappa shape index (κ3) is 1.78. The molecule has 1 aliphatic heterocycles. The Labute approximate surface area is 54.8 Å². The maximum Gasteiger partial charge on any atom is 0.118 e. The first-order valence-electron chi connectivity index (χ1n) is 2.61. The summed E-state index contributed by atoms with van der Waals surface area (Å²) < 4.78 is 22.1. The number of nitrogens with one attached hydrogen (secondary N) is 2. The quantitative estimate of drug-likeness (QED) is 0.444. The maximum absolute atomic E-state index is 10.4. The molecule has 9 heavy (non-hydrogen) atoms. The predicted molar refractivity (Wildman–Crippen MR) is 34.7 cm³/mol. The molecule has 0 bridgehead atoms. The van der Waals surface area contributed by atoms with Gasteiger partial charge in [-0.25, -0.2) is 8.99 Å². The molecule has 0 aliphatic carbocycles. The Morgan fingerprint density at radius 3 is 2.89 bits per heavy atom. The Hall–Kier alpha value is -0.390. The molecule has 4 nitrogen and oxygen atoms in total. The van der Waals surface area contributed by atoms with E-state index in [1.807, 2.05) is 0 Å². The van der Waals surface area contributed by atoms with Gasteiger partial charge in [-0.05, 0) is 0 Å². The minimum absolute atomic E-state index is 0.316. The number of hydrogen-bond donors (Lipinski definition) is 2. The van der Waals surface area contributed by atoms with Crippen LogP contribution in [0.3, 0.4) is 0 Å². The van der Waals surface area contributed by atoms with Crippen molar-refractivity contribution in [3.8, 4) is 0 Å². The molecule has 1 saturated heterocycles. The van der Waals surface area contributed by atoms with Crippen molar-refractivity contribution in [2.75, 3.05) is 19.8 Å². The zero-order valence-corrected chi connectivity index (χ0v) is 5.66. The average molecular weight is 148 g/mol. The van der Waals surface area contributed by atoms with E-state index in [0.717, 1.165) is 0 Å². The van der Waals surface area contributed by atoms with Crippen LogP contribution in [-0.2, 0) is 14.9 Å². The van der Waals surface area contributed by atoms with Crippen LogP contribution in [0, 0.1) is 4.78 Å². The fraction of sp³-hybridized carbons (Fsp3) is 0.750. The van der Waals surface area contributed by atoms with Gasteiger partial charge in [0.2, 0.25) is 0 Å². The van der Waals surface area contributed by atoms with Crippen LogP contribution < -0.4 is 5.32 Å². The Morgan fingerprint density at radius 1 is 1.78 bits per heavy atom. The highest BCUT2D eigenvalue weighted by molar-refractivity contribution is 7.74. The van der Waals surface area contributed by atoms with Crippen LogP contribution in [0.4, 0.5) is 0 Å². The van der Waals surface area contributed by atoms with Crippen molar-refractivity contribution >= 4 is 15.2 Å². The lowest BCUT2D eigenvalue weighted by atomic mass is 10.5. The van der Waals surface area contributed by atoms with E-state index in [4.69, 9.17) is 9.52 Å². The molecule has 0 aromatic heterocycles. The molecule has 1 aliphatic rings. The van der Waals surface area contributed by atoms with Crippen LogP contribution in [0.2, 0.25) is 0 Å². The second kappa shape index (κ2) is 2.95. The first-order valence-corrected chi connectivity index (χ1v) is 3.76. The molecule has 1 rings (SSSR count). The smallest absolute Gasteiger partial charge is 0.118 e. The highest BCUT2D eigenvalue weighted by atomic mass is 32.2. The SMILES string of the molecule is N=S(=O)=C1COCCN1. The van der Waals surface area contributed by atoms with Crippen LogP contribution in [-0.4, -0.2) is 29.0 Å². The molecule has 0 aromatic carbocycles. The standard InChI is InChI=1S/C4H8N2O2S/c5-9(7)4-3-8-2-1-6-4/h5-6H,1-3H2. The zero-order chi connectivity index (χ0) is 6.69. The Bertz CT molecular complexity index is 203. The monoisotopic (exact) mass is 148 g/mol. The third-order valence-electron chi connectivity index (χ3n) is 1.03. The van der Waals surface area contributed by atoms with Crippen molar-refractivity contribution in [1.29, 1.82) is 4.78 Å². The van der Waals surface area contributed by atoms with Crippen molar-refractivity contribution in [2.45, 2.75) is 0 Å². The van der Waals surface area contributed by atoms with E-state index < -0.39 is 10.2 Å². The van der Waals surface area contributed by atoms with Crippen molar-refractivity contribution in [1.82, 2.24) is 5.32 Å². The molecular weight excluding hydrogens is 140 g/mol. The lowest BCUT2D eigenvalue weighted by Gasteiger charge is -2.12. The molecule has 5 heteroatoms. The van der Waals surface area contributed by atoms with Gasteiger partial charge in [-0.15, -0.1) is 0 Å². The molecule has 0 atom stereocenters. The zero-order valence-electron chi connectivity index (χ0n) is 4.85. The summed E-state index contributed by atoms with van der Waals surface area (Å²) in [6.45, 7) is 1.62. The number of rotatable bonds is 0. The van der Waals surface area contributed by atoms with Crippen LogP contribution in [0.25, 0.3) is 0 Å². The lowest BCUT2D eigenvalue weighted by Crippen LogP contribution is -2.37. The summed E-state index contributed by atoms with van der Waals surface area (Å²) in [6, 6.07) is 0. The fourth-order valence-electron chi connectivity index (χ4n) is 0.598. The highest BCUT2D eigenvalue weighted by Gasteiger charge is 2.04. The van der Waals surface area contributed by atoms with Gasteiger partial charge in [-0.3, -0.25) is 5.32 Å². The summed E-state index contributed by atoms with van der Waals surface area (Å²) in [4.78, 5) is 0.473. The minimum Gasteiger partial charge on any atom is -0.373 e. The van der Waals surface area contributed by atoms with E-state index in [9.17, 15) is 4.21 Å². The van der Waals surface area contributed by atoms with Gasteiger partial charge in [-0.2, -0.15) is 0 Å². The average Bonchev–Trinajstić information content (AvgIpc) is 1.90. The lowest BCUT2D eigenvalue weighted by molar-refractivity contribution is 0.161. The second-order valence-electron chi connectivity index (χ2n) is 1.67. The molecule has 0 unspecified atom stereocenters. The number of ether oxygens (including phenoxy) is 1. The van der Waals surface area contributed by atoms with Gasteiger partial charge in [0, 0.05) is 6.54 Å². The second-order valence-corrected chi connectivity index (χ2v) is 2.70. The number of hydrogen-bond acceptors (Lipinski definition) is 3. The Morgan fingerprint density at radius 2 is 2.56 bits per heavy atom. The summed E-state index contributed by atoms with van der Waals surface area (Å²) in [5.41, 5.74) is 0. The van der Waals surface area contributed by atoms with Crippen molar-refractivity contribution in [3.63, 3.8) is 0 Å². The van der Waals surface area contributed by atoms with E-state index >= 15 is 0 Å². The van der Waals surface area contributed by atoms with Crippen LogP contribution >= 0.6 is 0 Å². The predicted octanol–water partition coefficient (Wildman–Crippen LogP) is -0.753. The van der Waals surface area contributed by atoms with Crippen LogP contribution in [0.15, 0.2) is 0 Å². The van der Waals surface area contributed by atoms with Gasteiger partial charge in [0.25, 0.3) is 0 Å². The Balaban J connectivity index is 2.72. The molecule has 1 fully saturated rings. The van der Waals surface area contributed by atoms with Gasteiger partial charge in [0.1, 0.15) is 15.2 Å². The summed E-state index contributed by atoms with van der Waals surface area (Å²) in [7, 11) is -1.62. The van der Waals surface area contributed by atoms with E-state index in [-0.39, 0.29) is 0 Å². The van der Waals surface area contributed by atoms with Crippen molar-refractivity contribution < 1.29 is 8.95 Å². The van der Waals surface area contributed by atoms with E-state index in [1.165, 1.54) is 0 Å². The summed E-state index contributed by atoms with van der Waals surface area (Å²) in [6.07, 6.45) is 0. The largest absolute Gasteiger partial charge is 0.373 e. The van der Waals surface area contributed by atoms with Gasteiger partial charge >= 0.3 is 0 Å². The normalized spacial score (nSPS) is 19.8. The van der Waals surface area contributed by atoms with Crippen LogP contribution in [0.1, 0.15) is 0 Å². The van der Waals surface area contributed by atoms with Gasteiger partial charge in [0.05, 0.1) is 13.2 Å². The third-order valence-corrected chi connectivity index (χ3v) is 1.74. The fourth-order valence-corrected chi connectivity index (χ4v) is 1.02. The molecule has 2 N–H and O–H groups in total. The van der Waals surface area contributed by atoms with Gasteiger partial charge < -0.3 is 4.74 Å². The van der Waals surface area contributed by atoms with E-state index in [1.54, 1.807) is 0 Å². The van der Waals surface area contributed by atoms with Gasteiger partial charge in [-0.1, -0.05) is 0 Å². The molecule has 0 spiro atoms. The molecule has 0 saturated carbocycles. The summed E-state index contributed by atoms with van der Waals surface area (Å²) in [5.74, 6) is 0. The summed E-state index contributed by atoms with van der Waals surface area (Å²) >= 11 is 0. The highest BCUT2D eigenvalue weighted by Crippen LogP contribution is 1.82. The molecule has 0 radical (unpaired) electrons. The maximum atomic E-state index is 10.4. The van der Waals surface area contributed by atoms with E-state index in [2.05, 4.69) is 5.32 Å². The number of morpholine rings is 1.